The van der Waals surface area contributed by atoms with Gasteiger partial charge in [0.15, 0.2) is 0 Å². The van der Waals surface area contributed by atoms with Gasteiger partial charge in [-0.2, -0.15) is 0 Å². The standard InChI is InChI=1S/C14H14ClNO/c15-14-8-13(16)7-6-12(14)10-17-9-11-4-2-1-3-5-11/h1-8H,9-10,16H2. The second kappa shape index (κ2) is 5.71. The first-order chi connectivity index (χ1) is 8.25. The predicted molar refractivity (Wildman–Crippen MR) is 70.8 cm³/mol. The summed E-state index contributed by atoms with van der Waals surface area (Å²) in [4.78, 5) is 0. The Morgan fingerprint density at radius 1 is 1.00 bits per heavy atom. The topological polar surface area (TPSA) is 35.2 Å². The molecule has 0 atom stereocenters. The maximum Gasteiger partial charge on any atom is 0.0735 e. The van der Waals surface area contributed by atoms with Crippen molar-refractivity contribution in [1.29, 1.82) is 0 Å². The van der Waals surface area contributed by atoms with Crippen LogP contribution in [0.15, 0.2) is 48.5 Å². The molecule has 0 saturated carbocycles. The largest absolute Gasteiger partial charge is 0.399 e. The summed E-state index contributed by atoms with van der Waals surface area (Å²) in [7, 11) is 0. The first-order valence-corrected chi connectivity index (χ1v) is 5.79. The lowest BCUT2D eigenvalue weighted by atomic mass is 10.2. The molecule has 0 bridgehead atoms. The highest BCUT2D eigenvalue weighted by atomic mass is 35.5. The molecular weight excluding hydrogens is 234 g/mol. The van der Waals surface area contributed by atoms with E-state index < -0.39 is 0 Å². The molecule has 2 nitrogen and oxygen atoms in total. The van der Waals surface area contributed by atoms with Crippen LogP contribution >= 0.6 is 11.6 Å². The van der Waals surface area contributed by atoms with E-state index in [1.165, 1.54) is 0 Å². The van der Waals surface area contributed by atoms with Crippen LogP contribution in [0.2, 0.25) is 5.02 Å². The van der Waals surface area contributed by atoms with Gasteiger partial charge in [-0.25, -0.2) is 0 Å². The van der Waals surface area contributed by atoms with Gasteiger partial charge in [0.05, 0.1) is 13.2 Å². The molecule has 2 rings (SSSR count). The minimum Gasteiger partial charge on any atom is -0.399 e. The molecule has 0 spiro atoms. The first-order valence-electron chi connectivity index (χ1n) is 5.41. The van der Waals surface area contributed by atoms with Crippen molar-refractivity contribution in [2.24, 2.45) is 0 Å². The van der Waals surface area contributed by atoms with Crippen LogP contribution in [0.1, 0.15) is 11.1 Å². The van der Waals surface area contributed by atoms with Crippen LogP contribution in [-0.4, -0.2) is 0 Å². The van der Waals surface area contributed by atoms with Gasteiger partial charge in [-0.05, 0) is 23.3 Å². The molecule has 0 aliphatic heterocycles. The van der Waals surface area contributed by atoms with Crippen LogP contribution < -0.4 is 5.73 Å². The molecular formula is C14H14ClNO. The van der Waals surface area contributed by atoms with Crippen LogP contribution in [0.5, 0.6) is 0 Å². The maximum atomic E-state index is 6.05. The molecule has 0 fully saturated rings. The molecule has 0 saturated heterocycles. The molecule has 2 N–H and O–H groups in total. The summed E-state index contributed by atoms with van der Waals surface area (Å²) < 4.78 is 5.60. The van der Waals surface area contributed by atoms with Crippen molar-refractivity contribution in [2.75, 3.05) is 5.73 Å². The number of nitrogens with two attached hydrogens (primary N) is 1. The Bertz CT molecular complexity index is 485. The van der Waals surface area contributed by atoms with Crippen molar-refractivity contribution < 1.29 is 4.74 Å². The van der Waals surface area contributed by atoms with Crippen molar-refractivity contribution >= 4 is 17.3 Å². The average molecular weight is 248 g/mol. The molecule has 0 unspecified atom stereocenters. The van der Waals surface area contributed by atoms with E-state index in [0.717, 1.165) is 11.1 Å². The van der Waals surface area contributed by atoms with E-state index in [1.54, 1.807) is 6.07 Å². The molecule has 88 valence electrons. The Morgan fingerprint density at radius 2 is 1.76 bits per heavy atom. The summed E-state index contributed by atoms with van der Waals surface area (Å²) >= 11 is 6.05. The number of anilines is 1. The number of rotatable bonds is 4. The Kier molecular flexibility index (Phi) is 4.02. The third kappa shape index (κ3) is 3.48. The van der Waals surface area contributed by atoms with Crippen molar-refractivity contribution in [3.8, 4) is 0 Å². The van der Waals surface area contributed by atoms with E-state index >= 15 is 0 Å². The quantitative estimate of drug-likeness (QED) is 0.838. The fourth-order valence-electron chi connectivity index (χ4n) is 1.53. The summed E-state index contributed by atoms with van der Waals surface area (Å²) in [5.74, 6) is 0. The molecule has 0 aliphatic rings. The van der Waals surface area contributed by atoms with Gasteiger partial charge in [0.25, 0.3) is 0 Å². The SMILES string of the molecule is Nc1ccc(COCc2ccccc2)c(Cl)c1. The van der Waals surface area contributed by atoms with Crippen LogP contribution in [0.3, 0.4) is 0 Å². The zero-order valence-corrected chi connectivity index (χ0v) is 10.2. The molecule has 2 aromatic carbocycles. The van der Waals surface area contributed by atoms with E-state index in [2.05, 4.69) is 0 Å². The monoisotopic (exact) mass is 247 g/mol. The molecule has 3 heteroatoms. The van der Waals surface area contributed by atoms with E-state index in [0.29, 0.717) is 23.9 Å². The zero-order valence-electron chi connectivity index (χ0n) is 9.40. The lowest BCUT2D eigenvalue weighted by molar-refractivity contribution is 0.107. The van der Waals surface area contributed by atoms with Gasteiger partial charge in [0.2, 0.25) is 0 Å². The average Bonchev–Trinajstić information content (AvgIpc) is 2.33. The third-order valence-corrected chi connectivity index (χ3v) is 2.80. The lowest BCUT2D eigenvalue weighted by Gasteiger charge is -2.07. The number of halogens is 1. The zero-order chi connectivity index (χ0) is 12.1. The van der Waals surface area contributed by atoms with Gasteiger partial charge < -0.3 is 10.5 Å². The molecule has 0 amide bonds. The number of hydrogen-bond acceptors (Lipinski definition) is 2. The lowest BCUT2D eigenvalue weighted by Crippen LogP contribution is -1.95. The number of nitrogen functional groups attached to an aromatic ring is 1. The number of hydrogen-bond donors (Lipinski definition) is 1. The maximum absolute atomic E-state index is 6.05. The predicted octanol–water partition coefficient (Wildman–Crippen LogP) is 3.64. The smallest absolute Gasteiger partial charge is 0.0735 e. The van der Waals surface area contributed by atoms with Crippen molar-refractivity contribution in [3.63, 3.8) is 0 Å². The molecule has 17 heavy (non-hydrogen) atoms. The fourth-order valence-corrected chi connectivity index (χ4v) is 1.78. The van der Waals surface area contributed by atoms with Crippen LogP contribution in [0.4, 0.5) is 5.69 Å². The summed E-state index contributed by atoms with van der Waals surface area (Å²) in [6.07, 6.45) is 0. The van der Waals surface area contributed by atoms with Gasteiger partial charge >= 0.3 is 0 Å². The summed E-state index contributed by atoms with van der Waals surface area (Å²) in [6.45, 7) is 1.08. The van der Waals surface area contributed by atoms with Crippen LogP contribution in [-0.2, 0) is 18.0 Å². The van der Waals surface area contributed by atoms with E-state index in [9.17, 15) is 0 Å². The van der Waals surface area contributed by atoms with Gasteiger partial charge in [0.1, 0.15) is 0 Å². The third-order valence-electron chi connectivity index (χ3n) is 2.45. The minimum absolute atomic E-state index is 0.494. The summed E-state index contributed by atoms with van der Waals surface area (Å²) in [5.41, 5.74) is 8.40. The minimum atomic E-state index is 0.494. The van der Waals surface area contributed by atoms with Gasteiger partial charge in [-0.3, -0.25) is 0 Å². The Hall–Kier alpha value is -1.51. The van der Waals surface area contributed by atoms with E-state index in [4.69, 9.17) is 22.1 Å². The fraction of sp³-hybridized carbons (Fsp3) is 0.143. The van der Waals surface area contributed by atoms with Gasteiger partial charge in [-0.15, -0.1) is 0 Å². The summed E-state index contributed by atoms with van der Waals surface area (Å²) in [5, 5.41) is 0.651. The highest BCUT2D eigenvalue weighted by Gasteiger charge is 2.01. The number of benzene rings is 2. The highest BCUT2D eigenvalue weighted by Crippen LogP contribution is 2.20. The Balaban J connectivity index is 1.90. The second-order valence-corrected chi connectivity index (χ2v) is 4.24. The first kappa shape index (κ1) is 12.0. The van der Waals surface area contributed by atoms with Gasteiger partial charge in [0, 0.05) is 10.7 Å². The van der Waals surface area contributed by atoms with Gasteiger partial charge in [-0.1, -0.05) is 48.0 Å². The van der Waals surface area contributed by atoms with Crippen LogP contribution in [0, 0.1) is 0 Å². The van der Waals surface area contributed by atoms with E-state index in [-0.39, 0.29) is 0 Å². The Morgan fingerprint density at radius 3 is 2.47 bits per heavy atom. The van der Waals surface area contributed by atoms with Crippen molar-refractivity contribution in [1.82, 2.24) is 0 Å². The van der Waals surface area contributed by atoms with Crippen molar-refractivity contribution in [3.05, 3.63) is 64.7 Å². The van der Waals surface area contributed by atoms with Crippen LogP contribution in [0.25, 0.3) is 0 Å². The highest BCUT2D eigenvalue weighted by molar-refractivity contribution is 6.31. The molecule has 0 aromatic heterocycles. The van der Waals surface area contributed by atoms with E-state index in [1.807, 2.05) is 42.5 Å². The molecule has 0 radical (unpaired) electrons. The van der Waals surface area contributed by atoms with Crippen molar-refractivity contribution in [2.45, 2.75) is 13.2 Å². The normalized spacial score (nSPS) is 10.4. The summed E-state index contributed by atoms with van der Waals surface area (Å²) in [6, 6.07) is 15.5. The number of ether oxygens (including phenoxy) is 1. The molecule has 0 heterocycles. The molecule has 2 aromatic rings. The molecule has 0 aliphatic carbocycles. The second-order valence-electron chi connectivity index (χ2n) is 3.83. The Labute approximate surface area is 106 Å².